The lowest BCUT2D eigenvalue weighted by molar-refractivity contribution is -0.127. The maximum Gasteiger partial charge on any atom is 0.294 e. The summed E-state index contributed by atoms with van der Waals surface area (Å²) in [5, 5.41) is 2.16. The van der Waals surface area contributed by atoms with E-state index >= 15 is 0 Å². The SMILES string of the molecule is Cc1cccc(NC(=O)CN2C(=O)S/C(=C\c3c(F)cccc3Cl)C2=O)c1. The smallest absolute Gasteiger partial charge is 0.294 e. The van der Waals surface area contributed by atoms with Gasteiger partial charge in [-0.1, -0.05) is 29.8 Å². The van der Waals surface area contributed by atoms with E-state index in [2.05, 4.69) is 5.32 Å². The van der Waals surface area contributed by atoms with E-state index in [-0.39, 0.29) is 15.5 Å². The van der Waals surface area contributed by atoms with Crippen LogP contribution in [0.5, 0.6) is 0 Å². The molecule has 3 amide bonds. The number of anilines is 1. The van der Waals surface area contributed by atoms with E-state index in [0.717, 1.165) is 10.5 Å². The molecule has 2 aromatic rings. The molecule has 1 saturated heterocycles. The van der Waals surface area contributed by atoms with Gasteiger partial charge in [0.25, 0.3) is 11.1 Å². The highest BCUT2D eigenvalue weighted by atomic mass is 35.5. The summed E-state index contributed by atoms with van der Waals surface area (Å²) in [6.45, 7) is 1.45. The summed E-state index contributed by atoms with van der Waals surface area (Å²) in [6, 6.07) is 11.3. The molecule has 0 saturated carbocycles. The molecule has 0 radical (unpaired) electrons. The normalized spacial score (nSPS) is 15.5. The van der Waals surface area contributed by atoms with Gasteiger partial charge in [-0.25, -0.2) is 4.39 Å². The van der Waals surface area contributed by atoms with Crippen LogP contribution in [0.2, 0.25) is 5.02 Å². The largest absolute Gasteiger partial charge is 0.325 e. The molecular weight excluding hydrogens is 391 g/mol. The number of nitrogens with zero attached hydrogens (tertiary/aromatic N) is 1. The summed E-state index contributed by atoms with van der Waals surface area (Å²) in [6.07, 6.45) is 1.22. The highest BCUT2D eigenvalue weighted by Crippen LogP contribution is 2.34. The Hall–Kier alpha value is -2.64. The minimum absolute atomic E-state index is 0.00959. The Morgan fingerprint density at radius 3 is 2.70 bits per heavy atom. The number of carbonyl (C=O) groups is 3. The van der Waals surface area contributed by atoms with E-state index < -0.39 is 29.4 Å². The number of halogens is 2. The standard InChI is InChI=1S/C19H14ClFN2O3S/c1-11-4-2-5-12(8-11)22-17(24)10-23-18(25)16(27-19(23)26)9-13-14(20)6-3-7-15(13)21/h2-9H,10H2,1H3,(H,22,24)/b16-9-. The highest BCUT2D eigenvalue weighted by Gasteiger charge is 2.36. The molecule has 0 unspecified atom stereocenters. The average molecular weight is 405 g/mol. The van der Waals surface area contributed by atoms with Gasteiger partial charge in [0, 0.05) is 11.3 Å². The Bertz CT molecular complexity index is 957. The lowest BCUT2D eigenvalue weighted by Gasteiger charge is -2.12. The number of benzene rings is 2. The fraction of sp³-hybridized carbons (Fsp3) is 0.105. The van der Waals surface area contributed by atoms with Crippen LogP contribution in [0, 0.1) is 12.7 Å². The van der Waals surface area contributed by atoms with Crippen molar-refractivity contribution in [1.29, 1.82) is 0 Å². The zero-order valence-corrected chi connectivity index (χ0v) is 15.7. The second-order valence-electron chi connectivity index (χ2n) is 5.82. The third-order valence-electron chi connectivity index (χ3n) is 3.75. The summed E-state index contributed by atoms with van der Waals surface area (Å²) in [4.78, 5) is 37.6. The first-order valence-corrected chi connectivity index (χ1v) is 9.10. The first kappa shape index (κ1) is 19.1. The van der Waals surface area contributed by atoms with Gasteiger partial charge in [0.2, 0.25) is 5.91 Å². The van der Waals surface area contributed by atoms with Gasteiger partial charge in [0.05, 0.1) is 9.93 Å². The molecule has 2 aromatic carbocycles. The number of hydrogen-bond donors (Lipinski definition) is 1. The molecular formula is C19H14ClFN2O3S. The molecule has 5 nitrogen and oxygen atoms in total. The molecule has 138 valence electrons. The van der Waals surface area contributed by atoms with Gasteiger partial charge in [-0.15, -0.1) is 0 Å². The molecule has 0 atom stereocenters. The van der Waals surface area contributed by atoms with Gasteiger partial charge in [0.15, 0.2) is 0 Å². The van der Waals surface area contributed by atoms with Crippen molar-refractivity contribution in [3.8, 4) is 0 Å². The molecule has 1 fully saturated rings. The fourth-order valence-electron chi connectivity index (χ4n) is 2.48. The molecule has 0 aliphatic carbocycles. The number of imide groups is 1. The maximum absolute atomic E-state index is 13.9. The van der Waals surface area contributed by atoms with Gasteiger partial charge < -0.3 is 5.32 Å². The number of nitrogens with one attached hydrogen (secondary N) is 1. The van der Waals surface area contributed by atoms with E-state index in [9.17, 15) is 18.8 Å². The summed E-state index contributed by atoms with van der Waals surface area (Å²) in [7, 11) is 0. The molecule has 1 N–H and O–H groups in total. The van der Waals surface area contributed by atoms with Gasteiger partial charge >= 0.3 is 0 Å². The topological polar surface area (TPSA) is 66.5 Å². The predicted octanol–water partition coefficient (Wildman–Crippen LogP) is 4.46. The third kappa shape index (κ3) is 4.37. The number of amides is 3. The Kier molecular flexibility index (Phi) is 5.62. The van der Waals surface area contributed by atoms with E-state index in [1.807, 2.05) is 13.0 Å². The van der Waals surface area contributed by atoms with E-state index in [0.29, 0.717) is 17.4 Å². The number of thioether (sulfide) groups is 1. The maximum atomic E-state index is 13.9. The van der Waals surface area contributed by atoms with Crippen LogP contribution >= 0.6 is 23.4 Å². The third-order valence-corrected chi connectivity index (χ3v) is 4.99. The fourth-order valence-corrected chi connectivity index (χ4v) is 3.52. The number of rotatable bonds is 4. The van der Waals surface area contributed by atoms with Crippen molar-refractivity contribution in [2.45, 2.75) is 6.92 Å². The van der Waals surface area contributed by atoms with Crippen LogP contribution in [0.3, 0.4) is 0 Å². The summed E-state index contributed by atoms with van der Waals surface area (Å²) >= 11 is 6.59. The van der Waals surface area contributed by atoms with Gasteiger partial charge in [-0.2, -0.15) is 0 Å². The average Bonchev–Trinajstić information content (AvgIpc) is 2.86. The number of aryl methyl sites for hydroxylation is 1. The lowest BCUT2D eigenvalue weighted by Crippen LogP contribution is -2.36. The predicted molar refractivity (Wildman–Crippen MR) is 104 cm³/mol. The van der Waals surface area contributed by atoms with Crippen LogP contribution in [0.4, 0.5) is 14.9 Å². The van der Waals surface area contributed by atoms with Crippen molar-refractivity contribution in [2.24, 2.45) is 0 Å². The summed E-state index contributed by atoms with van der Waals surface area (Å²) in [5.74, 6) is -1.77. The van der Waals surface area contributed by atoms with Crippen LogP contribution in [0.15, 0.2) is 47.4 Å². The second-order valence-corrected chi connectivity index (χ2v) is 7.22. The van der Waals surface area contributed by atoms with Crippen molar-refractivity contribution in [3.05, 3.63) is 69.3 Å². The first-order valence-electron chi connectivity index (χ1n) is 7.91. The van der Waals surface area contributed by atoms with Crippen LogP contribution in [-0.4, -0.2) is 28.5 Å². The minimum Gasteiger partial charge on any atom is -0.325 e. The summed E-state index contributed by atoms with van der Waals surface area (Å²) < 4.78 is 13.9. The van der Waals surface area contributed by atoms with E-state index in [1.54, 1.807) is 18.2 Å². The molecule has 0 aromatic heterocycles. The molecule has 1 aliphatic rings. The minimum atomic E-state index is -0.663. The first-order chi connectivity index (χ1) is 12.8. The van der Waals surface area contributed by atoms with Crippen molar-refractivity contribution < 1.29 is 18.8 Å². The zero-order chi connectivity index (χ0) is 19.6. The summed E-state index contributed by atoms with van der Waals surface area (Å²) in [5.41, 5.74) is 1.55. The van der Waals surface area contributed by atoms with Crippen LogP contribution in [0.1, 0.15) is 11.1 Å². The quantitative estimate of drug-likeness (QED) is 0.764. The molecule has 3 rings (SSSR count). The molecule has 1 aliphatic heterocycles. The Labute approximate surface area is 164 Å². The Balaban J connectivity index is 1.74. The monoisotopic (exact) mass is 404 g/mol. The molecule has 0 bridgehead atoms. The molecule has 8 heteroatoms. The Morgan fingerprint density at radius 2 is 2.00 bits per heavy atom. The van der Waals surface area contributed by atoms with E-state index in [4.69, 9.17) is 11.6 Å². The van der Waals surface area contributed by atoms with E-state index in [1.165, 1.54) is 24.3 Å². The van der Waals surface area contributed by atoms with Crippen LogP contribution in [0.25, 0.3) is 6.08 Å². The number of hydrogen-bond acceptors (Lipinski definition) is 4. The highest BCUT2D eigenvalue weighted by molar-refractivity contribution is 8.18. The number of carbonyl (C=O) groups excluding carboxylic acids is 3. The van der Waals surface area contributed by atoms with Gasteiger partial charge in [0.1, 0.15) is 12.4 Å². The lowest BCUT2D eigenvalue weighted by atomic mass is 10.2. The van der Waals surface area contributed by atoms with Crippen molar-refractivity contribution in [1.82, 2.24) is 4.90 Å². The zero-order valence-electron chi connectivity index (χ0n) is 14.2. The van der Waals surface area contributed by atoms with Gasteiger partial charge in [-0.05, 0) is 54.6 Å². The van der Waals surface area contributed by atoms with Gasteiger partial charge in [-0.3, -0.25) is 19.3 Å². The second kappa shape index (κ2) is 7.94. The molecule has 1 heterocycles. The van der Waals surface area contributed by atoms with Crippen molar-refractivity contribution >= 4 is 52.2 Å². The van der Waals surface area contributed by atoms with Crippen molar-refractivity contribution in [2.75, 3.05) is 11.9 Å². The van der Waals surface area contributed by atoms with Crippen LogP contribution < -0.4 is 5.32 Å². The molecule has 0 spiro atoms. The van der Waals surface area contributed by atoms with Crippen LogP contribution in [-0.2, 0) is 9.59 Å². The Morgan fingerprint density at radius 1 is 1.26 bits per heavy atom. The van der Waals surface area contributed by atoms with Crippen molar-refractivity contribution in [3.63, 3.8) is 0 Å². The molecule has 27 heavy (non-hydrogen) atoms.